The number of esters is 1. The number of ether oxygens (including phenoxy) is 1. The normalized spacial score (nSPS) is 18.1. The molecule has 1 aromatic carbocycles. The molecule has 1 saturated carbocycles. The predicted molar refractivity (Wildman–Crippen MR) is 106 cm³/mol. The van der Waals surface area contributed by atoms with E-state index in [0.717, 1.165) is 12.8 Å². The minimum Gasteiger partial charge on any atom is -0.453 e. The van der Waals surface area contributed by atoms with Crippen LogP contribution in [0, 0.1) is 11.3 Å². The highest BCUT2D eigenvalue weighted by Crippen LogP contribution is 2.35. The monoisotopic (exact) mass is 412 g/mol. The van der Waals surface area contributed by atoms with Gasteiger partial charge in [0.25, 0.3) is 11.8 Å². The summed E-state index contributed by atoms with van der Waals surface area (Å²) in [6.07, 6.45) is 2.37. The number of hydrogen-bond donors (Lipinski definition) is 2. The number of nitrogens with one attached hydrogen (secondary N) is 2. The van der Waals surface area contributed by atoms with Crippen LogP contribution in [0.2, 0.25) is 0 Å². The molecule has 1 heterocycles. The molecule has 3 rings (SSSR count). The maximum Gasteiger partial charge on any atom is 0.325 e. The second-order valence-corrected chi connectivity index (χ2v) is 7.59. The van der Waals surface area contributed by atoms with Crippen LogP contribution in [0.25, 0.3) is 0 Å². The Hall–Kier alpha value is -3.41. The van der Waals surface area contributed by atoms with Crippen molar-refractivity contribution < 1.29 is 23.9 Å². The van der Waals surface area contributed by atoms with Gasteiger partial charge in [-0.25, -0.2) is 4.79 Å². The lowest BCUT2D eigenvalue weighted by molar-refractivity contribution is -0.153. The summed E-state index contributed by atoms with van der Waals surface area (Å²) in [4.78, 5) is 50.0. The molecule has 1 aromatic rings. The van der Waals surface area contributed by atoms with E-state index in [-0.39, 0.29) is 25.3 Å². The highest BCUT2D eigenvalue weighted by Gasteiger charge is 2.52. The Balaban J connectivity index is 1.41. The second-order valence-electron chi connectivity index (χ2n) is 7.59. The first kappa shape index (κ1) is 21.3. The average molecular weight is 412 g/mol. The summed E-state index contributed by atoms with van der Waals surface area (Å²) in [6, 6.07) is 7.87. The third-order valence-electron chi connectivity index (χ3n) is 5.42. The van der Waals surface area contributed by atoms with Gasteiger partial charge < -0.3 is 15.4 Å². The van der Waals surface area contributed by atoms with E-state index in [4.69, 9.17) is 10.00 Å². The van der Waals surface area contributed by atoms with Crippen molar-refractivity contribution in [3.63, 3.8) is 0 Å². The number of rotatable bonds is 7. The lowest BCUT2D eigenvalue weighted by Gasteiger charge is -2.20. The topological polar surface area (TPSA) is 129 Å². The molecule has 0 bridgehead atoms. The standard InChI is InChI=1S/C21H24N4O5/c1-14(18(27)23-16-8-6-15(13-22)7-9-16)30-17(26)5-4-12-25-19(28)21(24-20(25)29)10-2-3-11-21/h6-9,14H,2-5,10-12H2,1H3,(H,23,27)(H,24,29)/t14-/m1/s1. The van der Waals surface area contributed by atoms with Crippen molar-refractivity contribution in [2.75, 3.05) is 11.9 Å². The third kappa shape index (κ3) is 4.59. The van der Waals surface area contributed by atoms with Crippen LogP contribution in [0.4, 0.5) is 10.5 Å². The zero-order chi connectivity index (χ0) is 21.7. The number of benzene rings is 1. The molecule has 1 atom stereocenters. The van der Waals surface area contributed by atoms with Gasteiger partial charge in [-0.05, 0) is 50.5 Å². The number of nitriles is 1. The highest BCUT2D eigenvalue weighted by molar-refractivity contribution is 6.07. The molecule has 0 aromatic heterocycles. The largest absolute Gasteiger partial charge is 0.453 e. The van der Waals surface area contributed by atoms with Crippen molar-refractivity contribution in [3.05, 3.63) is 29.8 Å². The van der Waals surface area contributed by atoms with E-state index < -0.39 is 29.6 Å². The minimum absolute atomic E-state index is 0.0153. The van der Waals surface area contributed by atoms with Gasteiger partial charge in [-0.2, -0.15) is 5.26 Å². The van der Waals surface area contributed by atoms with E-state index >= 15 is 0 Å². The highest BCUT2D eigenvalue weighted by atomic mass is 16.5. The fraction of sp³-hybridized carbons (Fsp3) is 0.476. The number of imide groups is 1. The van der Waals surface area contributed by atoms with E-state index in [9.17, 15) is 19.2 Å². The van der Waals surface area contributed by atoms with Crippen LogP contribution in [-0.2, 0) is 19.1 Å². The number of amides is 4. The molecule has 9 heteroatoms. The van der Waals surface area contributed by atoms with Crippen LogP contribution in [0.15, 0.2) is 24.3 Å². The van der Waals surface area contributed by atoms with Crippen molar-refractivity contribution in [2.24, 2.45) is 0 Å². The molecule has 158 valence electrons. The Bertz CT molecular complexity index is 884. The van der Waals surface area contributed by atoms with E-state index in [0.29, 0.717) is 24.1 Å². The van der Waals surface area contributed by atoms with Crippen LogP contribution in [-0.4, -0.2) is 46.9 Å². The first-order valence-electron chi connectivity index (χ1n) is 9.99. The van der Waals surface area contributed by atoms with Gasteiger partial charge in [-0.15, -0.1) is 0 Å². The van der Waals surface area contributed by atoms with Crippen LogP contribution in [0.3, 0.4) is 0 Å². The lowest BCUT2D eigenvalue weighted by Crippen LogP contribution is -2.44. The summed E-state index contributed by atoms with van der Waals surface area (Å²) < 4.78 is 5.13. The van der Waals surface area contributed by atoms with E-state index in [1.165, 1.54) is 11.8 Å². The number of urea groups is 1. The minimum atomic E-state index is -1.01. The number of carbonyl (C=O) groups excluding carboxylic acids is 4. The molecular formula is C21H24N4O5. The fourth-order valence-corrected chi connectivity index (χ4v) is 3.76. The molecule has 0 unspecified atom stereocenters. The van der Waals surface area contributed by atoms with Gasteiger partial charge in [0.15, 0.2) is 6.10 Å². The lowest BCUT2D eigenvalue weighted by atomic mass is 9.98. The molecule has 1 aliphatic heterocycles. The molecule has 1 saturated heterocycles. The zero-order valence-electron chi connectivity index (χ0n) is 16.8. The molecule has 2 fully saturated rings. The molecule has 4 amide bonds. The summed E-state index contributed by atoms with van der Waals surface area (Å²) in [5, 5.41) is 14.2. The summed E-state index contributed by atoms with van der Waals surface area (Å²) in [6.45, 7) is 1.59. The van der Waals surface area contributed by atoms with E-state index in [1.807, 2.05) is 6.07 Å². The Labute approximate surface area is 174 Å². The maximum atomic E-state index is 12.6. The van der Waals surface area contributed by atoms with Gasteiger partial charge in [0.1, 0.15) is 5.54 Å². The van der Waals surface area contributed by atoms with Crippen LogP contribution >= 0.6 is 0 Å². The first-order chi connectivity index (χ1) is 14.3. The Morgan fingerprint density at radius 3 is 2.57 bits per heavy atom. The fourth-order valence-electron chi connectivity index (χ4n) is 3.76. The molecule has 0 radical (unpaired) electrons. The number of nitrogens with zero attached hydrogens (tertiary/aromatic N) is 2. The first-order valence-corrected chi connectivity index (χ1v) is 9.99. The van der Waals surface area contributed by atoms with Gasteiger partial charge in [-0.1, -0.05) is 12.8 Å². The molecule has 30 heavy (non-hydrogen) atoms. The van der Waals surface area contributed by atoms with Crippen molar-refractivity contribution >= 4 is 29.5 Å². The summed E-state index contributed by atoms with van der Waals surface area (Å²) in [7, 11) is 0. The van der Waals surface area contributed by atoms with Gasteiger partial charge in [0, 0.05) is 18.7 Å². The average Bonchev–Trinajstić information content (AvgIpc) is 3.28. The van der Waals surface area contributed by atoms with Crippen LogP contribution < -0.4 is 10.6 Å². The van der Waals surface area contributed by atoms with Gasteiger partial charge in [0.05, 0.1) is 11.6 Å². The third-order valence-corrected chi connectivity index (χ3v) is 5.42. The van der Waals surface area contributed by atoms with E-state index in [2.05, 4.69) is 10.6 Å². The van der Waals surface area contributed by atoms with Gasteiger partial charge in [0.2, 0.25) is 0 Å². The predicted octanol–water partition coefficient (Wildman–Crippen LogP) is 2.07. The molecule has 9 nitrogen and oxygen atoms in total. The molecule has 2 N–H and O–H groups in total. The number of carbonyl (C=O) groups is 4. The summed E-state index contributed by atoms with van der Waals surface area (Å²) in [5.41, 5.74) is 0.202. The van der Waals surface area contributed by atoms with Gasteiger partial charge >= 0.3 is 12.0 Å². The molecule has 1 aliphatic carbocycles. The van der Waals surface area contributed by atoms with Crippen molar-refractivity contribution in [2.45, 2.75) is 57.1 Å². The summed E-state index contributed by atoms with van der Waals surface area (Å²) >= 11 is 0. The molecular weight excluding hydrogens is 388 g/mol. The quantitative estimate of drug-likeness (QED) is 0.521. The number of hydrogen-bond acceptors (Lipinski definition) is 6. The van der Waals surface area contributed by atoms with Crippen LogP contribution in [0.1, 0.15) is 51.0 Å². The van der Waals surface area contributed by atoms with Crippen molar-refractivity contribution in [3.8, 4) is 6.07 Å². The smallest absolute Gasteiger partial charge is 0.325 e. The Morgan fingerprint density at radius 2 is 1.93 bits per heavy atom. The zero-order valence-corrected chi connectivity index (χ0v) is 16.8. The van der Waals surface area contributed by atoms with Crippen LogP contribution in [0.5, 0.6) is 0 Å². The SMILES string of the molecule is C[C@@H](OC(=O)CCCN1C(=O)NC2(CCCC2)C1=O)C(=O)Nc1ccc(C#N)cc1. The Morgan fingerprint density at radius 1 is 1.27 bits per heavy atom. The molecule has 1 spiro atoms. The maximum absolute atomic E-state index is 12.6. The summed E-state index contributed by atoms with van der Waals surface area (Å²) in [5.74, 6) is -1.29. The van der Waals surface area contributed by atoms with Gasteiger partial charge in [-0.3, -0.25) is 19.3 Å². The number of anilines is 1. The van der Waals surface area contributed by atoms with E-state index in [1.54, 1.807) is 24.3 Å². The van der Waals surface area contributed by atoms with Crippen molar-refractivity contribution in [1.29, 1.82) is 5.26 Å². The second kappa shape index (κ2) is 8.95. The molecule has 2 aliphatic rings. The Kier molecular flexibility index (Phi) is 6.35. The van der Waals surface area contributed by atoms with Crippen molar-refractivity contribution in [1.82, 2.24) is 10.2 Å².